The predicted octanol–water partition coefficient (Wildman–Crippen LogP) is 17.0. The Morgan fingerprint density at radius 3 is 1.39 bits per heavy atom. The second-order valence-electron chi connectivity index (χ2n) is 19.8. The van der Waals surface area contributed by atoms with Crippen LogP contribution in [-0.2, 0) is 16.2 Å². The molecule has 0 heterocycles. The molecule has 10 aromatic rings. The maximum absolute atomic E-state index is 2.59. The molecular weight excluding hydrogens is 771 g/mol. The van der Waals surface area contributed by atoms with Crippen LogP contribution in [0, 0.1) is 0 Å². The van der Waals surface area contributed by atoms with E-state index < -0.39 is 5.41 Å². The van der Waals surface area contributed by atoms with Crippen molar-refractivity contribution >= 4 is 49.4 Å². The molecule has 0 saturated heterocycles. The summed E-state index contributed by atoms with van der Waals surface area (Å²) in [6, 6.07) is 76.2. The number of fused-ring (bicyclic) bond motifs is 17. The topological polar surface area (TPSA) is 3.24 Å². The summed E-state index contributed by atoms with van der Waals surface area (Å²) in [6.07, 6.45) is 2.35. The highest BCUT2D eigenvalue weighted by Gasteiger charge is 2.52. The average molecular weight is 820 g/mol. The van der Waals surface area contributed by atoms with Crippen LogP contribution in [0.4, 0.5) is 17.1 Å². The molecule has 10 aromatic carbocycles. The van der Waals surface area contributed by atoms with E-state index in [-0.39, 0.29) is 10.8 Å². The zero-order chi connectivity index (χ0) is 43.0. The summed E-state index contributed by atoms with van der Waals surface area (Å²) >= 11 is 0. The fraction of sp³-hybridized carbons (Fsp3) is 0.143. The van der Waals surface area contributed by atoms with Crippen LogP contribution in [-0.4, -0.2) is 0 Å². The molecule has 0 saturated carbocycles. The fourth-order valence-electron chi connectivity index (χ4n) is 12.3. The fourth-order valence-corrected chi connectivity index (χ4v) is 12.3. The van der Waals surface area contributed by atoms with E-state index in [1.54, 1.807) is 0 Å². The van der Waals surface area contributed by atoms with Crippen LogP contribution in [0.2, 0.25) is 0 Å². The molecule has 0 bridgehead atoms. The van der Waals surface area contributed by atoms with Gasteiger partial charge < -0.3 is 4.90 Å². The summed E-state index contributed by atoms with van der Waals surface area (Å²) in [7, 11) is 0. The van der Waals surface area contributed by atoms with Gasteiger partial charge in [0.05, 0.1) is 11.1 Å². The molecule has 64 heavy (non-hydrogen) atoms. The molecule has 0 aliphatic heterocycles. The molecule has 0 fully saturated rings. The summed E-state index contributed by atoms with van der Waals surface area (Å²) in [5.41, 5.74) is 19.2. The zero-order valence-electron chi connectivity index (χ0n) is 36.9. The van der Waals surface area contributed by atoms with Crippen molar-refractivity contribution in [3.05, 3.63) is 234 Å². The molecule has 3 aliphatic rings. The molecule has 1 nitrogen and oxygen atoms in total. The lowest BCUT2D eigenvalue weighted by Gasteiger charge is -2.42. The third-order valence-electron chi connectivity index (χ3n) is 15.5. The van der Waals surface area contributed by atoms with E-state index in [9.17, 15) is 0 Å². The Bertz CT molecular complexity index is 3490. The van der Waals surface area contributed by atoms with Crippen molar-refractivity contribution in [3.8, 4) is 33.4 Å². The number of nitrogens with zero attached hydrogens (tertiary/aromatic N) is 1. The minimum absolute atomic E-state index is 0.0625. The number of benzene rings is 10. The smallest absolute Gasteiger partial charge is 0.0726 e. The van der Waals surface area contributed by atoms with Gasteiger partial charge in [0.2, 0.25) is 0 Å². The van der Waals surface area contributed by atoms with E-state index in [4.69, 9.17) is 0 Å². The Kier molecular flexibility index (Phi) is 7.82. The lowest BCUT2D eigenvalue weighted by molar-refractivity contribution is 0.332. The molecule has 0 atom stereocenters. The Labute approximate surface area is 376 Å². The molecule has 1 spiro atoms. The summed E-state index contributed by atoms with van der Waals surface area (Å²) in [5, 5.41) is 7.66. The van der Waals surface area contributed by atoms with Crippen LogP contribution >= 0.6 is 0 Å². The maximum Gasteiger partial charge on any atom is 0.0726 e. The molecule has 0 amide bonds. The third kappa shape index (κ3) is 5.07. The van der Waals surface area contributed by atoms with Crippen LogP contribution in [0.1, 0.15) is 73.9 Å². The molecule has 1 heteroatoms. The molecule has 0 unspecified atom stereocenters. The second kappa shape index (κ2) is 13.4. The SMILES string of the molecule is CC1(C)CCC(C)(C)c2cc(-c3cc4c(cc3N(c3ccccc3)c3ccc5c6ccccc6c6ccccc6c5c3)C3(c5ccccc5-c5ccccc53)c3ccccc3-4)ccc21. The first-order valence-corrected chi connectivity index (χ1v) is 23.1. The summed E-state index contributed by atoms with van der Waals surface area (Å²) < 4.78 is 0. The van der Waals surface area contributed by atoms with Gasteiger partial charge in [0.25, 0.3) is 0 Å². The highest BCUT2D eigenvalue weighted by Crippen LogP contribution is 2.64. The van der Waals surface area contributed by atoms with Crippen molar-refractivity contribution in [2.45, 2.75) is 56.8 Å². The van der Waals surface area contributed by atoms with Crippen LogP contribution in [0.5, 0.6) is 0 Å². The first-order valence-electron chi connectivity index (χ1n) is 23.1. The van der Waals surface area contributed by atoms with Crippen molar-refractivity contribution in [2.24, 2.45) is 0 Å². The molecule has 0 radical (unpaired) electrons. The molecule has 3 aliphatic carbocycles. The Hall–Kier alpha value is -7.22. The van der Waals surface area contributed by atoms with E-state index in [0.717, 1.165) is 17.8 Å². The number of hydrogen-bond donors (Lipinski definition) is 0. The lowest BCUT2D eigenvalue weighted by Crippen LogP contribution is -2.33. The number of rotatable bonds is 4. The van der Waals surface area contributed by atoms with Crippen molar-refractivity contribution in [2.75, 3.05) is 4.90 Å². The van der Waals surface area contributed by atoms with Crippen molar-refractivity contribution in [3.63, 3.8) is 0 Å². The van der Waals surface area contributed by atoms with E-state index in [2.05, 4.69) is 233 Å². The average Bonchev–Trinajstić information content (AvgIpc) is 3.80. The van der Waals surface area contributed by atoms with E-state index in [1.165, 1.54) is 111 Å². The first kappa shape index (κ1) is 37.3. The van der Waals surface area contributed by atoms with Gasteiger partial charge in [-0.2, -0.15) is 0 Å². The highest BCUT2D eigenvalue weighted by molar-refractivity contribution is 6.26. The number of anilines is 3. The first-order chi connectivity index (χ1) is 31.2. The normalized spacial score (nSPS) is 15.8. The summed E-state index contributed by atoms with van der Waals surface area (Å²) in [6.45, 7) is 9.75. The molecular formula is C63H49N. The van der Waals surface area contributed by atoms with Gasteiger partial charge in [0.15, 0.2) is 0 Å². The minimum Gasteiger partial charge on any atom is -0.310 e. The van der Waals surface area contributed by atoms with E-state index >= 15 is 0 Å². The molecule has 0 aromatic heterocycles. The van der Waals surface area contributed by atoms with E-state index in [1.807, 2.05) is 0 Å². The quantitative estimate of drug-likeness (QED) is 0.160. The number of hydrogen-bond acceptors (Lipinski definition) is 1. The monoisotopic (exact) mass is 819 g/mol. The molecule has 0 N–H and O–H groups in total. The van der Waals surface area contributed by atoms with Gasteiger partial charge in [0, 0.05) is 16.9 Å². The minimum atomic E-state index is -0.477. The summed E-state index contributed by atoms with van der Waals surface area (Å²) in [4.78, 5) is 2.55. The molecule has 306 valence electrons. The van der Waals surface area contributed by atoms with Crippen LogP contribution in [0.25, 0.3) is 65.7 Å². The van der Waals surface area contributed by atoms with Gasteiger partial charge in [-0.15, -0.1) is 0 Å². The van der Waals surface area contributed by atoms with Gasteiger partial charge in [-0.1, -0.05) is 191 Å². The Morgan fingerprint density at radius 1 is 0.312 bits per heavy atom. The second-order valence-corrected chi connectivity index (χ2v) is 19.8. The Morgan fingerprint density at radius 2 is 0.797 bits per heavy atom. The largest absolute Gasteiger partial charge is 0.310 e. The third-order valence-corrected chi connectivity index (χ3v) is 15.5. The predicted molar refractivity (Wildman–Crippen MR) is 271 cm³/mol. The van der Waals surface area contributed by atoms with Crippen molar-refractivity contribution in [1.29, 1.82) is 0 Å². The maximum atomic E-state index is 2.59. The van der Waals surface area contributed by atoms with Gasteiger partial charge in [-0.05, 0) is 154 Å². The lowest BCUT2D eigenvalue weighted by atomic mass is 9.63. The summed E-state index contributed by atoms with van der Waals surface area (Å²) in [5.74, 6) is 0. The Balaban J connectivity index is 1.16. The zero-order valence-corrected chi connectivity index (χ0v) is 36.9. The van der Waals surface area contributed by atoms with Crippen LogP contribution in [0.3, 0.4) is 0 Å². The molecule has 13 rings (SSSR count). The standard InChI is InChI=1S/C63H49N/c1-61(2)34-35-62(3,4)59-36-40(30-33-57(59)61)51-38-53-50-26-14-17-29-56(50)63(54-27-15-12-24-48(54)49-25-13-16-28-55(49)63)58(53)39-60(51)64(41-18-6-5-7-19-41)42-31-32-47-45-22-9-8-20-43(45)44-21-10-11-23-46(44)52(47)37-42/h5-33,36-39H,34-35H2,1-4H3. The highest BCUT2D eigenvalue weighted by atomic mass is 15.1. The van der Waals surface area contributed by atoms with Gasteiger partial charge in [-0.25, -0.2) is 0 Å². The van der Waals surface area contributed by atoms with E-state index in [0.29, 0.717) is 0 Å². The van der Waals surface area contributed by atoms with Gasteiger partial charge >= 0.3 is 0 Å². The van der Waals surface area contributed by atoms with Crippen LogP contribution < -0.4 is 4.90 Å². The van der Waals surface area contributed by atoms with Gasteiger partial charge in [-0.3, -0.25) is 0 Å². The van der Waals surface area contributed by atoms with Gasteiger partial charge in [0.1, 0.15) is 0 Å². The van der Waals surface area contributed by atoms with Crippen molar-refractivity contribution in [1.82, 2.24) is 0 Å². The number of para-hydroxylation sites is 1. The van der Waals surface area contributed by atoms with Crippen LogP contribution in [0.15, 0.2) is 200 Å². The van der Waals surface area contributed by atoms with Crippen molar-refractivity contribution < 1.29 is 0 Å².